The third-order valence-corrected chi connectivity index (χ3v) is 20.4. The highest BCUT2D eigenvalue weighted by atomic mass is 19.4. The first kappa shape index (κ1) is 54.7. The molecule has 0 N–H and O–H groups in total. The molecule has 0 fully saturated rings. The molecule has 7 nitrogen and oxygen atoms in total. The molecule has 97 heavy (non-hydrogen) atoms. The highest BCUT2D eigenvalue weighted by Gasteiger charge is 2.36. The second-order valence-corrected chi connectivity index (χ2v) is 25.4. The smallest absolute Gasteiger partial charge is 0.309 e. The van der Waals surface area contributed by atoms with E-state index in [1.54, 1.807) is 13.0 Å². The van der Waals surface area contributed by atoms with Crippen molar-refractivity contribution in [2.45, 2.75) is 13.1 Å². The topological polar surface area (TPSA) is 53.4 Å². The Kier molecular flexibility index (Phi) is 11.5. The van der Waals surface area contributed by atoms with Gasteiger partial charge in [-0.3, -0.25) is 0 Å². The number of benzene rings is 14. The van der Waals surface area contributed by atoms with Crippen LogP contribution in [0.25, 0.3) is 176 Å². The van der Waals surface area contributed by atoms with Gasteiger partial charge >= 0.3 is 6.18 Å². The molecule has 0 amide bonds. The molecule has 0 aliphatic carbocycles. The first-order valence-electron chi connectivity index (χ1n) is 32.5. The minimum absolute atomic E-state index is 0.0256. The van der Waals surface area contributed by atoms with Crippen molar-refractivity contribution in [3.8, 4) is 51.3 Å². The van der Waals surface area contributed by atoms with Crippen LogP contribution in [-0.4, -0.2) is 27.4 Å². The Bertz CT molecular complexity index is 6290. The van der Waals surface area contributed by atoms with Gasteiger partial charge in [0.15, 0.2) is 0 Å². The molecule has 0 aliphatic heterocycles. The van der Waals surface area contributed by atoms with Crippen molar-refractivity contribution in [2.24, 2.45) is 0 Å². The third-order valence-electron chi connectivity index (χ3n) is 20.4. The number of hydrogen-bond acceptors (Lipinski definition) is 1. The number of nitrogens with zero attached hydrogens (tertiary/aromatic N) is 7. The Morgan fingerprint density at radius 1 is 0.268 bits per heavy atom. The fraction of sp³-hybridized carbons (Fsp3) is 0.0230. The van der Waals surface area contributed by atoms with E-state index in [-0.39, 0.29) is 11.1 Å². The van der Waals surface area contributed by atoms with Crippen LogP contribution < -0.4 is 0 Å². The van der Waals surface area contributed by atoms with Crippen molar-refractivity contribution in [3.63, 3.8) is 0 Å². The fourth-order valence-electron chi connectivity index (χ4n) is 16.4. The van der Waals surface area contributed by atoms with Gasteiger partial charge in [-0.05, 0) is 158 Å². The molecule has 14 aromatic carbocycles. The van der Waals surface area contributed by atoms with E-state index in [1.165, 1.54) is 12.1 Å². The summed E-state index contributed by atoms with van der Waals surface area (Å²) in [6.45, 7) is 1.75. The molecule has 456 valence electrons. The van der Waals surface area contributed by atoms with Crippen LogP contribution in [0.2, 0.25) is 0 Å². The number of hydrogen-bond donors (Lipinski definition) is 0. The molecule has 6 aromatic heterocycles. The summed E-state index contributed by atoms with van der Waals surface area (Å²) in [5.74, 6) is 0. The lowest BCUT2D eigenvalue weighted by atomic mass is 9.91. The van der Waals surface area contributed by atoms with Gasteiger partial charge in [-0.2, -0.15) is 18.4 Å². The van der Waals surface area contributed by atoms with E-state index in [1.807, 2.05) is 12.1 Å². The molecule has 10 heteroatoms. The number of fused-ring (bicyclic) bond motifs is 18. The van der Waals surface area contributed by atoms with Crippen LogP contribution in [0.4, 0.5) is 13.2 Å². The summed E-state index contributed by atoms with van der Waals surface area (Å²) in [4.78, 5) is 0. The van der Waals surface area contributed by atoms with Crippen LogP contribution in [0.3, 0.4) is 0 Å². The summed E-state index contributed by atoms with van der Waals surface area (Å²) in [7, 11) is 0. The van der Waals surface area contributed by atoms with Crippen LogP contribution >= 0.6 is 0 Å². The number of alkyl halides is 3. The van der Waals surface area contributed by atoms with Gasteiger partial charge < -0.3 is 27.4 Å². The van der Waals surface area contributed by atoms with Gasteiger partial charge in [0.05, 0.1) is 88.7 Å². The molecule has 0 saturated carbocycles. The van der Waals surface area contributed by atoms with Crippen LogP contribution in [0, 0.1) is 18.3 Å². The summed E-state index contributed by atoms with van der Waals surface area (Å²) >= 11 is 0. The van der Waals surface area contributed by atoms with Crippen molar-refractivity contribution in [1.82, 2.24) is 27.4 Å². The molecular formula is C87H52F3N7. The van der Waals surface area contributed by atoms with Gasteiger partial charge in [0, 0.05) is 92.9 Å². The molecule has 6 heterocycles. The molecule has 20 aromatic rings. The number of halogens is 3. The highest BCUT2D eigenvalue weighted by Crippen LogP contribution is 2.48. The van der Waals surface area contributed by atoms with E-state index in [0.29, 0.717) is 22.5 Å². The molecule has 0 atom stereocenters. The van der Waals surface area contributed by atoms with Gasteiger partial charge in [-0.25, -0.2) is 0 Å². The quantitative estimate of drug-likeness (QED) is 0.157. The normalized spacial score (nSPS) is 12.3. The Balaban J connectivity index is 0.891. The van der Waals surface area contributed by atoms with Crippen LogP contribution in [-0.2, 0) is 6.18 Å². The van der Waals surface area contributed by atoms with Crippen LogP contribution in [0.5, 0.6) is 0 Å². The molecule has 0 saturated heterocycles. The first-order chi connectivity index (χ1) is 47.7. The lowest BCUT2D eigenvalue weighted by Gasteiger charge is -2.22. The Labute approximate surface area is 552 Å². The lowest BCUT2D eigenvalue weighted by Crippen LogP contribution is -2.10. The number of aromatic nitrogens is 6. The summed E-state index contributed by atoms with van der Waals surface area (Å²) in [5, 5.41) is 24.6. The maximum atomic E-state index is 16.3. The summed E-state index contributed by atoms with van der Waals surface area (Å²) in [5.41, 5.74) is 16.3. The van der Waals surface area contributed by atoms with Crippen molar-refractivity contribution >= 4 is 131 Å². The van der Waals surface area contributed by atoms with Gasteiger partial charge in [-0.15, -0.1) is 0 Å². The minimum Gasteiger partial charge on any atom is -0.309 e. The molecule has 20 rings (SSSR count). The molecule has 0 spiro atoms. The zero-order valence-corrected chi connectivity index (χ0v) is 52.1. The molecule has 0 radical (unpaired) electrons. The standard InChI is InChI=1S/C87H52F3N7/c1-52-19-18-28-71(87(88,89)90)86(52)70-50-84(96-80-41-37-54(92-72-29-10-2-20-58(72)59-21-3-11-30-73(59)92)46-66(80)67-47-55(38-42-81(67)96)93-74-31-12-4-22-60(74)61-23-5-13-32-75(61)93)53(51-91)45-85(70)97-82-43-39-56(94-76-33-14-6-24-62(76)63-25-7-15-34-77(63)94)48-68(82)69-49-57(40-44-83(69)97)95-78-35-16-8-26-64(78)65-27-9-17-36-79(65)95/h2-50H,1H3. The molecule has 0 aliphatic rings. The number of rotatable bonds is 7. The summed E-state index contributed by atoms with van der Waals surface area (Å²) in [6.07, 6.45) is -4.76. The predicted molar refractivity (Wildman–Crippen MR) is 392 cm³/mol. The largest absolute Gasteiger partial charge is 0.417 e. The maximum Gasteiger partial charge on any atom is 0.417 e. The summed E-state index contributed by atoms with van der Waals surface area (Å²) in [6, 6.07) is 104. The van der Waals surface area contributed by atoms with E-state index in [4.69, 9.17) is 0 Å². The molecule has 0 bridgehead atoms. The van der Waals surface area contributed by atoms with E-state index in [2.05, 4.69) is 300 Å². The number of nitriles is 1. The van der Waals surface area contributed by atoms with Crippen molar-refractivity contribution < 1.29 is 13.2 Å². The maximum absolute atomic E-state index is 16.3. The highest BCUT2D eigenvalue weighted by molar-refractivity contribution is 6.17. The monoisotopic (exact) mass is 1250 g/mol. The third kappa shape index (κ3) is 7.79. The second-order valence-electron chi connectivity index (χ2n) is 25.4. The van der Waals surface area contributed by atoms with Crippen molar-refractivity contribution in [2.75, 3.05) is 0 Å². The predicted octanol–water partition coefficient (Wildman–Crippen LogP) is 23.1. The first-order valence-corrected chi connectivity index (χ1v) is 32.5. The second kappa shape index (κ2) is 20.3. The van der Waals surface area contributed by atoms with E-state index >= 15 is 13.2 Å². The SMILES string of the molecule is Cc1cccc(C(F)(F)F)c1-c1cc(-n2c3ccc(-n4c5ccccc5c5ccccc54)cc3c3cc(-n4c5ccccc5c5ccccc54)ccc32)c(C#N)cc1-n1c2ccc(-n3c4ccccc4c4ccccc43)cc2c2cc(-n3c4ccccc4c4ccccc43)ccc21. The van der Waals surface area contributed by atoms with Crippen molar-refractivity contribution in [3.05, 3.63) is 314 Å². The van der Waals surface area contributed by atoms with Gasteiger partial charge in [0.1, 0.15) is 6.07 Å². The summed E-state index contributed by atoms with van der Waals surface area (Å²) < 4.78 is 62.2. The van der Waals surface area contributed by atoms with E-state index < -0.39 is 11.7 Å². The average molecular weight is 1250 g/mol. The average Bonchev–Trinajstić information content (AvgIpc) is 1.60. The Morgan fingerprint density at radius 3 is 0.814 bits per heavy atom. The Morgan fingerprint density at radius 2 is 0.536 bits per heavy atom. The van der Waals surface area contributed by atoms with Crippen LogP contribution in [0.1, 0.15) is 16.7 Å². The van der Waals surface area contributed by atoms with E-state index in [9.17, 15) is 5.26 Å². The van der Waals surface area contributed by atoms with Crippen LogP contribution in [0.15, 0.2) is 297 Å². The number of para-hydroxylation sites is 8. The van der Waals surface area contributed by atoms with Gasteiger partial charge in [0.2, 0.25) is 0 Å². The number of aryl methyl sites for hydroxylation is 1. The molecular weight excluding hydrogens is 1200 g/mol. The van der Waals surface area contributed by atoms with E-state index in [0.717, 1.165) is 154 Å². The zero-order valence-electron chi connectivity index (χ0n) is 52.1. The molecule has 0 unspecified atom stereocenters. The van der Waals surface area contributed by atoms with Gasteiger partial charge in [0.25, 0.3) is 0 Å². The minimum atomic E-state index is -4.76. The van der Waals surface area contributed by atoms with Gasteiger partial charge in [-0.1, -0.05) is 158 Å². The van der Waals surface area contributed by atoms with Crippen molar-refractivity contribution in [1.29, 1.82) is 5.26 Å². The lowest BCUT2D eigenvalue weighted by molar-refractivity contribution is -0.137. The Hall–Kier alpha value is -12.8. The fourth-order valence-corrected chi connectivity index (χ4v) is 16.4. The zero-order chi connectivity index (χ0) is 64.5.